The minimum Gasteiger partial charge on any atom is -0.0778 e. The minimum absolute atomic E-state index is 0.989. The maximum Gasteiger partial charge on any atom is 0.0452 e. The molecule has 2 aliphatic rings. The highest BCUT2D eigenvalue weighted by molar-refractivity contribution is 8.15. The fourth-order valence-corrected chi connectivity index (χ4v) is 180. The Labute approximate surface area is 181 Å². The molecule has 0 saturated carbocycles. The van der Waals surface area contributed by atoms with Gasteiger partial charge in [0.05, 0.1) is 0 Å². The van der Waals surface area contributed by atoms with Crippen molar-refractivity contribution in [3.63, 3.8) is 0 Å². The monoisotopic (exact) mass is 452 g/mol. The van der Waals surface area contributed by atoms with Gasteiger partial charge in [-0.15, -0.1) is 0 Å². The quantitative estimate of drug-likeness (QED) is 0.278. The number of fused-ring (bicyclic) bond motifs is 1. The molecule has 4 heteroatoms. The summed E-state index contributed by atoms with van der Waals surface area (Å²) in [7, 11) is -5.44. The molecular formula is C24H52Si4. The zero-order chi connectivity index (χ0) is 22.0. The highest BCUT2D eigenvalue weighted by Gasteiger charge is 2.92. The van der Waals surface area contributed by atoms with Crippen LogP contribution in [0.15, 0.2) is 11.1 Å². The molecule has 164 valence electrons. The van der Waals surface area contributed by atoms with Crippen LogP contribution >= 0.6 is 0 Å². The van der Waals surface area contributed by atoms with E-state index < -0.39 is 28.4 Å². The summed E-state index contributed by atoms with van der Waals surface area (Å²) in [5.41, 5.74) is 9.65. The van der Waals surface area contributed by atoms with Gasteiger partial charge in [-0.1, -0.05) is 127 Å². The van der Waals surface area contributed by atoms with Crippen molar-refractivity contribution in [1.29, 1.82) is 0 Å². The van der Waals surface area contributed by atoms with Crippen molar-refractivity contribution in [1.82, 2.24) is 0 Å². The summed E-state index contributed by atoms with van der Waals surface area (Å²) < 4.78 is 0. The number of hydrogen-bond acceptors (Lipinski definition) is 0. The molecule has 1 saturated heterocycles. The van der Waals surface area contributed by atoms with Crippen molar-refractivity contribution in [2.45, 2.75) is 142 Å². The minimum atomic E-state index is -1.38. The third-order valence-corrected chi connectivity index (χ3v) is 110. The highest BCUT2D eigenvalue weighted by Crippen LogP contribution is 2.76. The Kier molecular flexibility index (Phi) is 6.78. The van der Waals surface area contributed by atoms with E-state index in [1.54, 1.807) is 12.1 Å². The van der Waals surface area contributed by atoms with E-state index >= 15 is 0 Å². The maximum absolute atomic E-state index is 2.72. The lowest BCUT2D eigenvalue weighted by Gasteiger charge is -2.88. The molecule has 2 aliphatic heterocycles. The molecule has 0 aliphatic carbocycles. The summed E-state index contributed by atoms with van der Waals surface area (Å²) in [6.45, 7) is 37.7. The van der Waals surface area contributed by atoms with Crippen molar-refractivity contribution in [3.05, 3.63) is 11.1 Å². The fourth-order valence-electron chi connectivity index (χ4n) is 10.9. The van der Waals surface area contributed by atoms with Crippen LogP contribution in [0.2, 0.25) is 45.3 Å². The summed E-state index contributed by atoms with van der Waals surface area (Å²) in [5, 5.41) is 0. The Balaban J connectivity index is 3.15. The van der Waals surface area contributed by atoms with Gasteiger partial charge in [0.1, 0.15) is 0 Å². The molecule has 0 N–H and O–H groups in total. The van der Waals surface area contributed by atoms with Crippen LogP contribution in [-0.2, 0) is 0 Å². The highest BCUT2D eigenvalue weighted by atomic mass is 30.2. The summed E-state index contributed by atoms with van der Waals surface area (Å²) in [4.78, 5) is 0. The second-order valence-electron chi connectivity index (χ2n) is 12.5. The molecule has 2 unspecified atom stereocenters. The molecule has 0 nitrogen and oxygen atoms in total. The molecule has 0 aromatic carbocycles. The molecule has 0 aromatic rings. The van der Waals surface area contributed by atoms with Crippen LogP contribution in [0, 0.1) is 0 Å². The van der Waals surface area contributed by atoms with Crippen molar-refractivity contribution in [3.8, 4) is 0 Å². The Morgan fingerprint density at radius 1 is 0.429 bits per heavy atom. The normalized spacial score (nSPS) is 32.1. The Morgan fingerprint density at radius 2 is 0.643 bits per heavy atom. The Morgan fingerprint density at radius 3 is 0.786 bits per heavy atom. The zero-order valence-corrected chi connectivity index (χ0v) is 25.9. The lowest BCUT2D eigenvalue weighted by atomic mass is 10.2. The number of rotatable bonds is 6. The predicted molar refractivity (Wildman–Crippen MR) is 142 cm³/mol. The molecule has 0 amide bonds. The van der Waals surface area contributed by atoms with Gasteiger partial charge >= 0.3 is 0 Å². The third-order valence-electron chi connectivity index (χ3n) is 10.4. The molecule has 0 spiro atoms. The van der Waals surface area contributed by atoms with Crippen molar-refractivity contribution in [2.75, 3.05) is 0 Å². The van der Waals surface area contributed by atoms with E-state index in [4.69, 9.17) is 0 Å². The molecule has 28 heavy (non-hydrogen) atoms. The van der Waals surface area contributed by atoms with E-state index in [0.717, 1.165) is 33.2 Å². The van der Waals surface area contributed by atoms with Crippen molar-refractivity contribution < 1.29 is 0 Å². The lowest BCUT2D eigenvalue weighted by molar-refractivity contribution is 0.854. The first-order valence-corrected chi connectivity index (χ1v) is 25.2. The van der Waals surface area contributed by atoms with E-state index in [9.17, 15) is 0 Å². The number of allylic oxidation sites excluding steroid dienone is 2. The van der Waals surface area contributed by atoms with Gasteiger partial charge in [-0.05, 0) is 25.9 Å². The van der Waals surface area contributed by atoms with Gasteiger partial charge in [0, 0.05) is 28.4 Å². The molecule has 2 atom stereocenters. The van der Waals surface area contributed by atoms with Gasteiger partial charge in [0.2, 0.25) is 0 Å². The molecule has 0 aromatic heterocycles. The summed E-state index contributed by atoms with van der Waals surface area (Å²) in [5.74, 6) is 0. The lowest BCUT2D eigenvalue weighted by Crippen LogP contribution is -3.11. The van der Waals surface area contributed by atoms with Gasteiger partial charge in [-0.2, -0.15) is 0 Å². The standard InChI is InChI=1S/C24H52Si4/c1-17(2)25-15-23(13)24(14)16-26(25,18(3)4)28(21(9)10,22(11)12)27(25,19(5)6)20(7)8/h17-22H,15-16H2,1-14H3. The first-order valence-electron chi connectivity index (χ1n) is 12.3. The topological polar surface area (TPSA) is 0 Å². The van der Waals surface area contributed by atoms with Crippen molar-refractivity contribution >= 4 is 28.4 Å². The van der Waals surface area contributed by atoms with Crippen molar-refractivity contribution in [2.24, 2.45) is 0 Å². The molecule has 2 heterocycles. The summed E-state index contributed by atoms with van der Waals surface area (Å²) in [6, 6.07) is 3.22. The fraction of sp³-hybridized carbons (Fsp3) is 0.917. The summed E-state index contributed by atoms with van der Waals surface area (Å²) in [6.07, 6.45) is 0. The van der Waals surface area contributed by atoms with E-state index in [0.29, 0.717) is 0 Å². The van der Waals surface area contributed by atoms with Gasteiger partial charge in [0.25, 0.3) is 0 Å². The third kappa shape index (κ3) is 2.33. The van der Waals surface area contributed by atoms with Crippen LogP contribution in [0.25, 0.3) is 0 Å². The predicted octanol–water partition coefficient (Wildman–Crippen LogP) is 8.92. The van der Waals surface area contributed by atoms with E-state index in [1.165, 1.54) is 0 Å². The number of hydrogen-bond donors (Lipinski definition) is 0. The average molecular weight is 453 g/mol. The van der Waals surface area contributed by atoms with Crippen LogP contribution in [0.3, 0.4) is 0 Å². The summed E-state index contributed by atoms with van der Waals surface area (Å²) >= 11 is 0. The van der Waals surface area contributed by atoms with E-state index in [2.05, 4.69) is 96.9 Å². The van der Waals surface area contributed by atoms with Gasteiger partial charge < -0.3 is 0 Å². The van der Waals surface area contributed by atoms with Crippen LogP contribution in [-0.4, -0.2) is 28.4 Å². The van der Waals surface area contributed by atoms with Gasteiger partial charge in [-0.3, -0.25) is 0 Å². The zero-order valence-electron chi connectivity index (χ0n) is 21.9. The first-order chi connectivity index (χ1) is 12.7. The van der Waals surface area contributed by atoms with Gasteiger partial charge in [0.15, 0.2) is 0 Å². The molecule has 2 rings (SSSR count). The average Bonchev–Trinajstić information content (AvgIpc) is 2.51. The second-order valence-corrected chi connectivity index (χ2v) is 54.2. The van der Waals surface area contributed by atoms with Crippen LogP contribution in [0.1, 0.15) is 96.9 Å². The van der Waals surface area contributed by atoms with Crippen LogP contribution < -0.4 is 0 Å². The van der Waals surface area contributed by atoms with E-state index in [-0.39, 0.29) is 0 Å². The smallest absolute Gasteiger partial charge is 0.0452 e. The largest absolute Gasteiger partial charge is 0.0778 e. The molecule has 0 bridgehead atoms. The Hall–Kier alpha value is 0.608. The molecule has 1 fully saturated rings. The van der Waals surface area contributed by atoms with Crippen LogP contribution in [0.5, 0.6) is 0 Å². The SMILES string of the molecule is CC1=C(C)C[Si]2(C(C)C)[Si](C(C)C)(C1)[Si](C(C)C)(C(C)C)[Si]2(C(C)C)C(C)C. The second kappa shape index (κ2) is 7.63. The van der Waals surface area contributed by atoms with E-state index in [1.807, 2.05) is 11.1 Å². The first kappa shape index (κ1) is 24.9. The maximum atomic E-state index is 2.72. The van der Waals surface area contributed by atoms with Gasteiger partial charge in [-0.25, -0.2) is 0 Å². The Bertz CT molecular complexity index is 559. The molecule has 0 radical (unpaired) electrons. The van der Waals surface area contributed by atoms with Crippen LogP contribution in [0.4, 0.5) is 0 Å². The molecular weight excluding hydrogens is 401 g/mol.